The van der Waals surface area contributed by atoms with Crippen LogP contribution in [0.5, 0.6) is 0 Å². The molecule has 5 rings (SSSR count). The van der Waals surface area contributed by atoms with Crippen LogP contribution in [0.2, 0.25) is 5.02 Å². The van der Waals surface area contributed by atoms with E-state index in [0.717, 1.165) is 11.8 Å². The molecule has 1 aliphatic heterocycles. The molecule has 0 saturated carbocycles. The predicted molar refractivity (Wildman–Crippen MR) is 158 cm³/mol. The summed E-state index contributed by atoms with van der Waals surface area (Å²) in [5.41, 5.74) is 3.49. The summed E-state index contributed by atoms with van der Waals surface area (Å²) in [4.78, 5) is 50.4. The Morgan fingerprint density at radius 1 is 1.05 bits per heavy atom. The van der Waals surface area contributed by atoms with Crippen molar-refractivity contribution in [1.29, 1.82) is 0 Å². The van der Waals surface area contributed by atoms with Gasteiger partial charge in [-0.2, -0.15) is 0 Å². The molecule has 214 valence electrons. The van der Waals surface area contributed by atoms with E-state index < -0.39 is 21.8 Å². The summed E-state index contributed by atoms with van der Waals surface area (Å²) in [6.45, 7) is 1.91. The van der Waals surface area contributed by atoms with Gasteiger partial charge in [0.1, 0.15) is 5.82 Å². The van der Waals surface area contributed by atoms with Gasteiger partial charge in [0.2, 0.25) is 0 Å². The fourth-order valence-electron chi connectivity index (χ4n) is 4.95. The van der Waals surface area contributed by atoms with Gasteiger partial charge in [-0.15, -0.1) is 0 Å². The maximum Gasteiger partial charge on any atom is 0.257 e. The molecule has 0 spiro atoms. The van der Waals surface area contributed by atoms with Gasteiger partial charge in [-0.05, 0) is 72.1 Å². The molecule has 0 radical (unpaired) electrons. The number of rotatable bonds is 7. The number of nitrogens with zero attached hydrogens (tertiary/aromatic N) is 3. The third-order valence-electron chi connectivity index (χ3n) is 7.09. The zero-order chi connectivity index (χ0) is 30.0. The largest absolute Gasteiger partial charge is 0.324 e. The number of carbonyl (C=O) groups is 3. The van der Waals surface area contributed by atoms with Crippen molar-refractivity contribution in [2.75, 3.05) is 11.6 Å². The van der Waals surface area contributed by atoms with Crippen molar-refractivity contribution in [3.8, 4) is 0 Å². The maximum atomic E-state index is 13.8. The van der Waals surface area contributed by atoms with Crippen molar-refractivity contribution >= 4 is 44.9 Å². The number of sulfone groups is 1. The van der Waals surface area contributed by atoms with E-state index in [1.54, 1.807) is 60.5 Å². The number of fused-ring (bicyclic) bond motifs is 1. The van der Waals surface area contributed by atoms with Crippen LogP contribution in [-0.2, 0) is 34.0 Å². The van der Waals surface area contributed by atoms with Crippen LogP contribution in [0.4, 0.5) is 5.82 Å². The molecule has 9 nitrogen and oxygen atoms in total. The minimum atomic E-state index is -3.41. The summed E-state index contributed by atoms with van der Waals surface area (Å²) in [5, 5.41) is 3.13. The van der Waals surface area contributed by atoms with Gasteiger partial charge in [-0.1, -0.05) is 29.8 Å². The normalized spacial score (nSPS) is 15.2. The van der Waals surface area contributed by atoms with Crippen molar-refractivity contribution in [2.24, 2.45) is 0 Å². The maximum absolute atomic E-state index is 13.8. The highest BCUT2D eigenvalue weighted by Gasteiger charge is 2.35. The monoisotopic (exact) mass is 602 g/mol. The van der Waals surface area contributed by atoms with Crippen LogP contribution in [0, 0.1) is 6.92 Å². The zero-order valence-corrected chi connectivity index (χ0v) is 24.4. The molecule has 2 amide bonds. The van der Waals surface area contributed by atoms with Gasteiger partial charge in [0.25, 0.3) is 11.8 Å². The van der Waals surface area contributed by atoms with E-state index >= 15 is 0 Å². The highest BCUT2D eigenvalue weighted by molar-refractivity contribution is 7.90. The smallest absolute Gasteiger partial charge is 0.257 e. The second kappa shape index (κ2) is 11.8. The number of amides is 2. The van der Waals surface area contributed by atoms with Crippen LogP contribution in [0.1, 0.15) is 43.1 Å². The topological polar surface area (TPSA) is 126 Å². The van der Waals surface area contributed by atoms with E-state index in [9.17, 15) is 22.8 Å². The Kier molecular flexibility index (Phi) is 8.20. The number of hydrogen-bond acceptors (Lipinski definition) is 7. The van der Waals surface area contributed by atoms with Gasteiger partial charge in [-0.3, -0.25) is 19.4 Å². The molecule has 0 aliphatic carbocycles. The number of carbonyl (C=O) groups excluding carboxylic acids is 3. The molecule has 2 aromatic heterocycles. The Morgan fingerprint density at radius 3 is 2.52 bits per heavy atom. The summed E-state index contributed by atoms with van der Waals surface area (Å²) in [6, 6.07) is 17.7. The van der Waals surface area contributed by atoms with E-state index in [-0.39, 0.29) is 41.8 Å². The van der Waals surface area contributed by atoms with Crippen LogP contribution in [0.25, 0.3) is 0 Å². The number of halogens is 1. The first-order chi connectivity index (χ1) is 20.0. The van der Waals surface area contributed by atoms with E-state index in [2.05, 4.69) is 15.3 Å². The second-order valence-electron chi connectivity index (χ2n) is 10.2. The van der Waals surface area contributed by atoms with Crippen molar-refractivity contribution in [3.63, 3.8) is 0 Å². The van der Waals surface area contributed by atoms with Gasteiger partial charge in [-0.25, -0.2) is 13.4 Å². The Balaban J connectivity index is 1.41. The summed E-state index contributed by atoms with van der Waals surface area (Å²) >= 11 is 6.18. The minimum Gasteiger partial charge on any atom is -0.324 e. The predicted octanol–water partition coefficient (Wildman–Crippen LogP) is 4.47. The Bertz CT molecular complexity index is 1790. The van der Waals surface area contributed by atoms with E-state index in [1.165, 1.54) is 18.3 Å². The first kappa shape index (κ1) is 29.1. The van der Waals surface area contributed by atoms with E-state index in [1.807, 2.05) is 12.1 Å². The number of aromatic nitrogens is 2. The quantitative estimate of drug-likeness (QED) is 0.331. The number of Topliss-reactive ketones (excluding diaryl/α,β-unsaturated/α-hetero) is 1. The van der Waals surface area contributed by atoms with Gasteiger partial charge >= 0.3 is 0 Å². The molecule has 11 heteroatoms. The van der Waals surface area contributed by atoms with Crippen molar-refractivity contribution in [3.05, 3.63) is 118 Å². The molecule has 1 atom stereocenters. The lowest BCUT2D eigenvalue weighted by atomic mass is 9.99. The highest BCUT2D eigenvalue weighted by Crippen LogP contribution is 2.27. The average Bonchev–Trinajstić information content (AvgIpc) is 3.03. The summed E-state index contributed by atoms with van der Waals surface area (Å²) in [7, 11) is -3.41. The van der Waals surface area contributed by atoms with Crippen LogP contribution in [0.3, 0.4) is 0 Å². The lowest BCUT2D eigenvalue weighted by molar-refractivity contribution is -0.122. The van der Waals surface area contributed by atoms with Crippen LogP contribution >= 0.6 is 11.6 Å². The molecule has 1 N–H and O–H groups in total. The summed E-state index contributed by atoms with van der Waals surface area (Å²) in [5.74, 6) is -0.604. The molecule has 4 aromatic rings. The fraction of sp³-hybridized carbons (Fsp3) is 0.194. The van der Waals surface area contributed by atoms with Crippen molar-refractivity contribution < 1.29 is 22.8 Å². The van der Waals surface area contributed by atoms with E-state index in [0.29, 0.717) is 33.0 Å². The zero-order valence-electron chi connectivity index (χ0n) is 22.9. The standard InChI is InChI=1S/C31H27ClN4O5S/c1-19-13-20(6-9-25(19)30(38)35-29-11-8-24(17-34-29)42(2,40)41)18-36-27(16-23-5-3-4-12-33-23)28(37)15-21-14-22(32)7-10-26(21)31(36)39/h3-14,17,27H,15-16,18H2,1-2H3,(H,34,35,38)/t27-/m1/s1. The Labute approximate surface area is 248 Å². The molecule has 42 heavy (non-hydrogen) atoms. The van der Waals surface area contributed by atoms with Gasteiger partial charge in [0.15, 0.2) is 15.6 Å². The molecule has 3 heterocycles. The van der Waals surface area contributed by atoms with Crippen LogP contribution < -0.4 is 5.32 Å². The molecule has 0 bridgehead atoms. The Hall–Kier alpha value is -4.41. The lowest BCUT2D eigenvalue weighted by Crippen LogP contribution is -2.45. The minimum absolute atomic E-state index is 0.0506. The molecule has 0 fully saturated rings. The molecule has 0 saturated heterocycles. The summed E-state index contributed by atoms with van der Waals surface area (Å²) < 4.78 is 23.3. The number of benzene rings is 2. The SMILES string of the molecule is Cc1cc(CN2C(=O)c3ccc(Cl)cc3CC(=O)[C@H]2Cc2ccccn2)ccc1C(=O)Nc1ccc(S(C)(=O)=O)cn1. The van der Waals surface area contributed by atoms with Crippen molar-refractivity contribution in [2.45, 2.75) is 37.2 Å². The fourth-order valence-corrected chi connectivity index (χ4v) is 5.70. The molecule has 0 unspecified atom stereocenters. The number of nitrogens with one attached hydrogen (secondary N) is 1. The third-order valence-corrected chi connectivity index (χ3v) is 8.43. The van der Waals surface area contributed by atoms with Gasteiger partial charge in [0, 0.05) is 59.9 Å². The number of anilines is 1. The van der Waals surface area contributed by atoms with Gasteiger partial charge < -0.3 is 10.2 Å². The van der Waals surface area contributed by atoms with E-state index in [4.69, 9.17) is 11.6 Å². The lowest BCUT2D eigenvalue weighted by Gasteiger charge is -2.29. The van der Waals surface area contributed by atoms with Crippen molar-refractivity contribution in [1.82, 2.24) is 14.9 Å². The van der Waals surface area contributed by atoms with Crippen LogP contribution in [0.15, 0.2) is 84.0 Å². The third kappa shape index (κ3) is 6.40. The molecule has 1 aliphatic rings. The molecular weight excluding hydrogens is 576 g/mol. The second-order valence-corrected chi connectivity index (χ2v) is 12.6. The van der Waals surface area contributed by atoms with Crippen LogP contribution in [-0.4, -0.2) is 53.2 Å². The number of hydrogen-bond donors (Lipinski definition) is 1. The van der Waals surface area contributed by atoms with Gasteiger partial charge in [0.05, 0.1) is 10.9 Å². The number of ketones is 1. The molecule has 2 aromatic carbocycles. The first-order valence-electron chi connectivity index (χ1n) is 13.1. The molecular formula is C31H27ClN4O5S. The number of pyridine rings is 2. The Morgan fingerprint density at radius 2 is 1.86 bits per heavy atom. The average molecular weight is 603 g/mol. The number of aryl methyl sites for hydroxylation is 1. The summed E-state index contributed by atoms with van der Waals surface area (Å²) in [6.07, 6.45) is 4.26. The highest BCUT2D eigenvalue weighted by atomic mass is 35.5. The first-order valence-corrected chi connectivity index (χ1v) is 15.4.